The number of ether oxygens (including phenoxy) is 2. The number of amides is 1. The van der Waals surface area contributed by atoms with E-state index in [1.54, 1.807) is 42.3 Å². The van der Waals surface area contributed by atoms with Gasteiger partial charge in [0, 0.05) is 30.0 Å². The Balaban J connectivity index is 1.69. The molecule has 166 valence electrons. The second-order valence-corrected chi connectivity index (χ2v) is 8.08. The van der Waals surface area contributed by atoms with Crippen molar-refractivity contribution < 1.29 is 19.2 Å². The van der Waals surface area contributed by atoms with Crippen LogP contribution >= 0.6 is 31.9 Å². The molecule has 1 amide bonds. The molecule has 0 saturated carbocycles. The number of benzene rings is 2. The van der Waals surface area contributed by atoms with Gasteiger partial charge in [0.05, 0.1) is 40.8 Å². The van der Waals surface area contributed by atoms with E-state index in [4.69, 9.17) is 9.47 Å². The first kappa shape index (κ1) is 23.4. The number of hydrogen-bond donors (Lipinski definition) is 1. The molecule has 0 fully saturated rings. The van der Waals surface area contributed by atoms with E-state index in [9.17, 15) is 14.9 Å². The number of aromatic nitrogens is 2. The third kappa shape index (κ3) is 5.51. The van der Waals surface area contributed by atoms with Crippen LogP contribution in [0.4, 0.5) is 5.69 Å². The van der Waals surface area contributed by atoms with Crippen molar-refractivity contribution >= 4 is 49.7 Å². The lowest BCUT2D eigenvalue weighted by Crippen LogP contribution is -2.19. The lowest BCUT2D eigenvalue weighted by atomic mass is 10.2. The van der Waals surface area contributed by atoms with Gasteiger partial charge < -0.3 is 9.47 Å². The molecule has 3 aromatic rings. The van der Waals surface area contributed by atoms with Gasteiger partial charge in [0.1, 0.15) is 11.5 Å². The van der Waals surface area contributed by atoms with E-state index in [0.29, 0.717) is 32.6 Å². The van der Waals surface area contributed by atoms with Crippen molar-refractivity contribution in [2.45, 2.75) is 6.54 Å². The predicted octanol–water partition coefficient (Wildman–Crippen LogP) is 4.15. The van der Waals surface area contributed by atoms with Crippen LogP contribution in [0.5, 0.6) is 11.5 Å². The SMILES string of the molecule is COc1cc(OC)c(/C=N/NC(=O)c2nn(Cc3ccc([N+](=O)[O-])cc3)cc2Br)cc1Br. The normalized spacial score (nSPS) is 10.9. The van der Waals surface area contributed by atoms with Crippen molar-refractivity contribution in [1.29, 1.82) is 0 Å². The number of nitro groups is 1. The van der Waals surface area contributed by atoms with Gasteiger partial charge in [0.15, 0.2) is 5.69 Å². The molecule has 32 heavy (non-hydrogen) atoms. The van der Waals surface area contributed by atoms with Gasteiger partial charge in [-0.15, -0.1) is 0 Å². The molecule has 1 N–H and O–H groups in total. The zero-order chi connectivity index (χ0) is 23.3. The molecule has 0 aliphatic heterocycles. The number of halogens is 2. The van der Waals surface area contributed by atoms with Crippen LogP contribution in [0.3, 0.4) is 0 Å². The Bertz CT molecular complexity index is 1180. The molecule has 0 radical (unpaired) electrons. The number of hydrazone groups is 1. The number of carbonyl (C=O) groups excluding carboxylic acids is 1. The first-order valence-electron chi connectivity index (χ1n) is 9.03. The van der Waals surface area contributed by atoms with E-state index in [2.05, 4.69) is 47.5 Å². The molecule has 2 aromatic carbocycles. The minimum Gasteiger partial charge on any atom is -0.496 e. The highest BCUT2D eigenvalue weighted by Gasteiger charge is 2.15. The third-order valence-corrected chi connectivity index (χ3v) is 5.50. The zero-order valence-corrected chi connectivity index (χ0v) is 20.1. The predicted molar refractivity (Wildman–Crippen MR) is 124 cm³/mol. The van der Waals surface area contributed by atoms with Gasteiger partial charge in [-0.05, 0) is 43.5 Å². The second-order valence-electron chi connectivity index (χ2n) is 6.37. The van der Waals surface area contributed by atoms with Gasteiger partial charge in [0.2, 0.25) is 0 Å². The Labute approximate surface area is 199 Å². The van der Waals surface area contributed by atoms with Crippen molar-refractivity contribution in [1.82, 2.24) is 15.2 Å². The molecule has 0 bridgehead atoms. The fourth-order valence-corrected chi connectivity index (χ4v) is 3.76. The molecule has 0 atom stereocenters. The number of methoxy groups -OCH3 is 2. The summed E-state index contributed by atoms with van der Waals surface area (Å²) < 4.78 is 13.3. The summed E-state index contributed by atoms with van der Waals surface area (Å²) in [5, 5.41) is 19.0. The van der Waals surface area contributed by atoms with Gasteiger partial charge in [0.25, 0.3) is 11.6 Å². The molecule has 1 aromatic heterocycles. The average Bonchev–Trinajstić information content (AvgIpc) is 3.14. The maximum absolute atomic E-state index is 12.5. The number of hydrogen-bond acceptors (Lipinski definition) is 7. The van der Waals surface area contributed by atoms with Gasteiger partial charge in [-0.1, -0.05) is 12.1 Å². The highest BCUT2D eigenvalue weighted by atomic mass is 79.9. The highest BCUT2D eigenvalue weighted by Crippen LogP contribution is 2.32. The highest BCUT2D eigenvalue weighted by molar-refractivity contribution is 9.10. The topological polar surface area (TPSA) is 121 Å². The summed E-state index contributed by atoms with van der Waals surface area (Å²) in [7, 11) is 3.07. The second kappa shape index (κ2) is 10.4. The van der Waals surface area contributed by atoms with Crippen molar-refractivity contribution in [3.63, 3.8) is 0 Å². The van der Waals surface area contributed by atoms with Crippen molar-refractivity contribution in [2.24, 2.45) is 5.10 Å². The quantitative estimate of drug-likeness (QED) is 0.248. The zero-order valence-electron chi connectivity index (χ0n) is 16.9. The lowest BCUT2D eigenvalue weighted by molar-refractivity contribution is -0.384. The maximum atomic E-state index is 12.5. The van der Waals surface area contributed by atoms with Crippen LogP contribution in [-0.2, 0) is 6.54 Å². The van der Waals surface area contributed by atoms with Crippen LogP contribution in [0, 0.1) is 10.1 Å². The molecule has 1 heterocycles. The first-order valence-corrected chi connectivity index (χ1v) is 10.6. The summed E-state index contributed by atoms with van der Waals surface area (Å²) in [6, 6.07) is 9.56. The fourth-order valence-electron chi connectivity index (χ4n) is 2.74. The van der Waals surface area contributed by atoms with Crippen LogP contribution in [-0.4, -0.2) is 41.0 Å². The number of nitrogens with zero attached hydrogens (tertiary/aromatic N) is 4. The fraction of sp³-hybridized carbons (Fsp3) is 0.150. The maximum Gasteiger partial charge on any atom is 0.293 e. The monoisotopic (exact) mass is 565 g/mol. The van der Waals surface area contributed by atoms with Crippen LogP contribution in [0.25, 0.3) is 0 Å². The largest absolute Gasteiger partial charge is 0.496 e. The number of non-ortho nitro benzene ring substituents is 1. The van der Waals surface area contributed by atoms with Crippen LogP contribution in [0.15, 0.2) is 56.6 Å². The molecule has 3 rings (SSSR count). The summed E-state index contributed by atoms with van der Waals surface area (Å²) in [6.45, 7) is 0.338. The Kier molecular flexibility index (Phi) is 7.59. The molecular weight excluding hydrogens is 550 g/mol. The number of nitrogens with one attached hydrogen (secondary N) is 1. The Morgan fingerprint density at radius 1 is 1.19 bits per heavy atom. The smallest absolute Gasteiger partial charge is 0.293 e. The van der Waals surface area contributed by atoms with Crippen LogP contribution < -0.4 is 14.9 Å². The summed E-state index contributed by atoms with van der Waals surface area (Å²) in [5.74, 6) is 0.615. The molecule has 0 unspecified atom stereocenters. The van der Waals surface area contributed by atoms with Crippen molar-refractivity contribution in [3.8, 4) is 11.5 Å². The summed E-state index contributed by atoms with van der Waals surface area (Å²) >= 11 is 6.72. The summed E-state index contributed by atoms with van der Waals surface area (Å²) in [5.41, 5.74) is 4.01. The van der Waals surface area contributed by atoms with Crippen LogP contribution in [0.2, 0.25) is 0 Å². The standard InChI is InChI=1S/C20H17Br2N5O5/c1-31-17-8-18(32-2)15(21)7-13(17)9-23-24-20(28)19-16(22)11-26(25-19)10-12-3-5-14(6-4-12)27(29)30/h3-9,11H,10H2,1-2H3,(H,24,28)/b23-9+. The molecular formula is C20H17Br2N5O5. The summed E-state index contributed by atoms with van der Waals surface area (Å²) in [6.07, 6.45) is 3.09. The Morgan fingerprint density at radius 2 is 1.88 bits per heavy atom. The van der Waals surface area contributed by atoms with Crippen LogP contribution in [0.1, 0.15) is 21.6 Å². The minimum absolute atomic E-state index is 0.00819. The van der Waals surface area contributed by atoms with Gasteiger partial charge in [-0.25, -0.2) is 5.43 Å². The Morgan fingerprint density at radius 3 is 2.50 bits per heavy atom. The molecule has 0 saturated heterocycles. The van der Waals surface area contributed by atoms with Gasteiger partial charge >= 0.3 is 0 Å². The summed E-state index contributed by atoms with van der Waals surface area (Å²) in [4.78, 5) is 22.8. The van der Waals surface area contributed by atoms with E-state index >= 15 is 0 Å². The molecule has 12 heteroatoms. The molecule has 10 nitrogen and oxygen atoms in total. The van der Waals surface area contributed by atoms with E-state index < -0.39 is 10.8 Å². The third-order valence-electron chi connectivity index (χ3n) is 4.30. The van der Waals surface area contributed by atoms with E-state index in [0.717, 1.165) is 5.56 Å². The van der Waals surface area contributed by atoms with Gasteiger partial charge in [-0.3, -0.25) is 19.6 Å². The molecule has 0 aliphatic rings. The van der Waals surface area contributed by atoms with Crippen molar-refractivity contribution in [2.75, 3.05) is 14.2 Å². The molecule has 0 spiro atoms. The first-order chi connectivity index (χ1) is 15.3. The number of carbonyl (C=O) groups is 1. The Hall–Kier alpha value is -3.25. The lowest BCUT2D eigenvalue weighted by Gasteiger charge is -2.09. The average molecular weight is 567 g/mol. The molecule has 0 aliphatic carbocycles. The number of rotatable bonds is 8. The number of nitro benzene ring substituents is 1. The van der Waals surface area contributed by atoms with E-state index in [1.807, 2.05) is 0 Å². The van der Waals surface area contributed by atoms with E-state index in [-0.39, 0.29) is 11.4 Å². The van der Waals surface area contributed by atoms with E-state index in [1.165, 1.54) is 25.5 Å². The van der Waals surface area contributed by atoms with Gasteiger partial charge in [-0.2, -0.15) is 10.2 Å². The van der Waals surface area contributed by atoms with Crippen molar-refractivity contribution in [3.05, 3.63) is 78.5 Å². The minimum atomic E-state index is -0.512.